The lowest BCUT2D eigenvalue weighted by Crippen LogP contribution is -2.36. The molecule has 1 heterocycles. The van der Waals surface area contributed by atoms with Crippen LogP contribution in [0.15, 0.2) is 6.33 Å². The van der Waals surface area contributed by atoms with E-state index in [-0.39, 0.29) is 23.6 Å². The molecule has 98 valence electrons. The van der Waals surface area contributed by atoms with Gasteiger partial charge in [-0.2, -0.15) is 0 Å². The van der Waals surface area contributed by atoms with E-state index in [0.717, 1.165) is 5.82 Å². The van der Waals surface area contributed by atoms with Crippen molar-refractivity contribution in [3.8, 4) is 0 Å². The molecule has 0 saturated heterocycles. The first kappa shape index (κ1) is 14.1. The first-order valence-electron chi connectivity index (χ1n) is 5.66. The van der Waals surface area contributed by atoms with Crippen molar-refractivity contribution in [1.82, 2.24) is 20.1 Å². The van der Waals surface area contributed by atoms with E-state index in [1.165, 1.54) is 0 Å². The number of hydrogen-bond acceptors (Lipinski definition) is 5. The summed E-state index contributed by atoms with van der Waals surface area (Å²) in [6, 6.07) is -0.129. The second-order valence-corrected chi connectivity index (χ2v) is 6.69. The van der Waals surface area contributed by atoms with Crippen LogP contribution in [0.3, 0.4) is 0 Å². The summed E-state index contributed by atoms with van der Waals surface area (Å²) in [7, 11) is -1.09. The average molecular weight is 260 g/mol. The largest absolute Gasteiger partial charge is 0.319 e. The monoisotopic (exact) mass is 260 g/mol. The third-order valence-electron chi connectivity index (χ3n) is 2.61. The molecule has 0 bridgehead atoms. The van der Waals surface area contributed by atoms with Gasteiger partial charge in [0, 0.05) is 18.8 Å². The topological polar surface area (TPSA) is 76.9 Å². The lowest BCUT2D eigenvalue weighted by atomic mass is 10.2. The minimum absolute atomic E-state index is 0.0236. The fraction of sp³-hybridized carbons (Fsp3) is 0.800. The minimum Gasteiger partial charge on any atom is -0.319 e. The Kier molecular flexibility index (Phi) is 4.64. The smallest absolute Gasteiger partial charge is 0.151 e. The number of hydrogen-bond donors (Lipinski definition) is 1. The molecule has 0 radical (unpaired) electrons. The number of rotatable bonds is 6. The van der Waals surface area contributed by atoms with Gasteiger partial charge in [-0.15, -0.1) is 10.2 Å². The van der Waals surface area contributed by atoms with E-state index in [1.54, 1.807) is 13.3 Å². The molecule has 1 aromatic heterocycles. The highest BCUT2D eigenvalue weighted by Crippen LogP contribution is 2.09. The summed E-state index contributed by atoms with van der Waals surface area (Å²) in [5.41, 5.74) is 0. The predicted octanol–water partition coefficient (Wildman–Crippen LogP) is 0.289. The maximum absolute atomic E-state index is 11.5. The van der Waals surface area contributed by atoms with Crippen molar-refractivity contribution >= 4 is 9.84 Å². The zero-order chi connectivity index (χ0) is 13.1. The molecule has 0 saturated carbocycles. The Morgan fingerprint density at radius 1 is 1.47 bits per heavy atom. The molecular formula is C10H20N4O2S. The van der Waals surface area contributed by atoms with Gasteiger partial charge in [0.25, 0.3) is 0 Å². The van der Waals surface area contributed by atoms with Crippen LogP contribution in [0.4, 0.5) is 0 Å². The van der Waals surface area contributed by atoms with Crippen LogP contribution in [-0.4, -0.2) is 40.7 Å². The zero-order valence-electron chi connectivity index (χ0n) is 10.7. The number of nitrogens with zero attached hydrogens (tertiary/aromatic N) is 3. The van der Waals surface area contributed by atoms with Crippen molar-refractivity contribution in [2.45, 2.75) is 32.9 Å². The van der Waals surface area contributed by atoms with Gasteiger partial charge in [-0.3, -0.25) is 0 Å². The molecule has 17 heavy (non-hydrogen) atoms. The molecular weight excluding hydrogens is 240 g/mol. The van der Waals surface area contributed by atoms with Crippen LogP contribution in [-0.2, 0) is 16.9 Å². The third kappa shape index (κ3) is 4.08. The van der Waals surface area contributed by atoms with Gasteiger partial charge in [-0.05, 0) is 13.8 Å². The van der Waals surface area contributed by atoms with Crippen LogP contribution >= 0.6 is 0 Å². The summed E-state index contributed by atoms with van der Waals surface area (Å²) in [5, 5.41) is 11.0. The molecule has 2 atom stereocenters. The molecule has 0 amide bonds. The number of nitrogens with one attached hydrogen (secondary N) is 1. The molecule has 0 aromatic carbocycles. The van der Waals surface area contributed by atoms with Crippen LogP contribution in [0.25, 0.3) is 0 Å². The van der Waals surface area contributed by atoms with Crippen molar-refractivity contribution in [3.63, 3.8) is 0 Å². The van der Waals surface area contributed by atoms with Gasteiger partial charge in [0.1, 0.15) is 12.2 Å². The molecule has 2 unspecified atom stereocenters. The average Bonchev–Trinajstić information content (AvgIpc) is 2.63. The fourth-order valence-corrected chi connectivity index (χ4v) is 2.83. The van der Waals surface area contributed by atoms with Gasteiger partial charge >= 0.3 is 0 Å². The fourth-order valence-electron chi connectivity index (χ4n) is 1.73. The second-order valence-electron chi connectivity index (χ2n) is 4.29. The van der Waals surface area contributed by atoms with Gasteiger partial charge in [0.15, 0.2) is 9.84 Å². The molecule has 0 aliphatic carbocycles. The Morgan fingerprint density at radius 3 is 2.59 bits per heavy atom. The second kappa shape index (κ2) is 5.59. The Labute approximate surface area is 102 Å². The summed E-state index contributed by atoms with van der Waals surface area (Å²) in [5.74, 6) is 1.12. The normalized spacial score (nSPS) is 15.8. The molecule has 0 aliphatic rings. The van der Waals surface area contributed by atoms with E-state index in [4.69, 9.17) is 0 Å². The molecule has 1 rings (SSSR count). The first-order chi connectivity index (χ1) is 7.85. The third-order valence-corrected chi connectivity index (χ3v) is 4.50. The Balaban J connectivity index is 2.58. The summed E-state index contributed by atoms with van der Waals surface area (Å²) in [6.07, 6.45) is 1.63. The molecule has 6 nitrogen and oxygen atoms in total. The first-order valence-corrected chi connectivity index (χ1v) is 7.48. The predicted molar refractivity (Wildman–Crippen MR) is 66.3 cm³/mol. The summed E-state index contributed by atoms with van der Waals surface area (Å²) in [4.78, 5) is 0. The minimum atomic E-state index is -2.95. The lowest BCUT2D eigenvalue weighted by molar-refractivity contribution is 0.472. The molecule has 0 aliphatic heterocycles. The highest BCUT2D eigenvalue weighted by Gasteiger charge is 2.18. The Hall–Kier alpha value is -0.950. The Morgan fingerprint density at radius 2 is 2.12 bits per heavy atom. The van der Waals surface area contributed by atoms with Gasteiger partial charge in [0.2, 0.25) is 0 Å². The SMILES string of the molecule is CCS(=O)(=O)CC(C)NC(C)c1nncn1C. The standard InChI is InChI=1S/C10H20N4O2S/c1-5-17(15,16)6-8(2)12-9(3)10-13-11-7-14(10)4/h7-9,12H,5-6H2,1-4H3. The zero-order valence-corrected chi connectivity index (χ0v) is 11.5. The van der Waals surface area contributed by atoms with Crippen molar-refractivity contribution in [1.29, 1.82) is 0 Å². The molecule has 0 fully saturated rings. The van der Waals surface area contributed by atoms with Crippen molar-refractivity contribution < 1.29 is 8.42 Å². The van der Waals surface area contributed by atoms with E-state index in [2.05, 4.69) is 15.5 Å². The number of aromatic nitrogens is 3. The van der Waals surface area contributed by atoms with Gasteiger partial charge in [-0.25, -0.2) is 8.42 Å². The van der Waals surface area contributed by atoms with Crippen LogP contribution in [0.1, 0.15) is 32.6 Å². The van der Waals surface area contributed by atoms with E-state index in [9.17, 15) is 8.42 Å². The van der Waals surface area contributed by atoms with E-state index in [1.807, 2.05) is 25.5 Å². The number of sulfone groups is 1. The summed E-state index contributed by atoms with van der Waals surface area (Å²) >= 11 is 0. The van der Waals surface area contributed by atoms with Crippen LogP contribution in [0, 0.1) is 0 Å². The van der Waals surface area contributed by atoms with E-state index < -0.39 is 9.84 Å². The summed E-state index contributed by atoms with van der Waals surface area (Å²) < 4.78 is 24.8. The van der Waals surface area contributed by atoms with Crippen molar-refractivity contribution in [3.05, 3.63) is 12.2 Å². The molecule has 7 heteroatoms. The van der Waals surface area contributed by atoms with Crippen LogP contribution in [0.2, 0.25) is 0 Å². The van der Waals surface area contributed by atoms with Crippen LogP contribution in [0.5, 0.6) is 0 Å². The Bertz CT molecular complexity index is 455. The van der Waals surface area contributed by atoms with Gasteiger partial charge < -0.3 is 9.88 Å². The van der Waals surface area contributed by atoms with Crippen LogP contribution < -0.4 is 5.32 Å². The maximum atomic E-state index is 11.5. The summed E-state index contributed by atoms with van der Waals surface area (Å²) in [6.45, 7) is 5.47. The lowest BCUT2D eigenvalue weighted by Gasteiger charge is -2.18. The van der Waals surface area contributed by atoms with Gasteiger partial charge in [-0.1, -0.05) is 6.92 Å². The molecule has 1 aromatic rings. The van der Waals surface area contributed by atoms with E-state index >= 15 is 0 Å². The van der Waals surface area contributed by atoms with Crippen molar-refractivity contribution in [2.24, 2.45) is 7.05 Å². The number of aryl methyl sites for hydroxylation is 1. The van der Waals surface area contributed by atoms with Crippen molar-refractivity contribution in [2.75, 3.05) is 11.5 Å². The molecule has 1 N–H and O–H groups in total. The highest BCUT2D eigenvalue weighted by molar-refractivity contribution is 7.91. The maximum Gasteiger partial charge on any atom is 0.151 e. The molecule has 0 spiro atoms. The van der Waals surface area contributed by atoms with E-state index in [0.29, 0.717) is 0 Å². The highest BCUT2D eigenvalue weighted by atomic mass is 32.2. The van der Waals surface area contributed by atoms with Gasteiger partial charge in [0.05, 0.1) is 11.8 Å². The quantitative estimate of drug-likeness (QED) is 0.795.